The SMILES string of the molecule is NCC(Cc1cncs1)c1ccc(Br)cc1. The summed E-state index contributed by atoms with van der Waals surface area (Å²) in [6.45, 7) is 0.666. The van der Waals surface area contributed by atoms with Gasteiger partial charge in [0.2, 0.25) is 0 Å². The van der Waals surface area contributed by atoms with Gasteiger partial charge in [-0.15, -0.1) is 11.3 Å². The molecule has 0 aliphatic heterocycles. The lowest BCUT2D eigenvalue weighted by Crippen LogP contribution is -2.14. The van der Waals surface area contributed by atoms with Gasteiger partial charge in [-0.3, -0.25) is 4.98 Å². The first-order valence-electron chi connectivity index (χ1n) is 5.12. The second kappa shape index (κ2) is 5.57. The molecule has 1 unspecified atom stereocenters. The van der Waals surface area contributed by atoms with Crippen LogP contribution in [0.2, 0.25) is 0 Å². The van der Waals surface area contributed by atoms with Crippen molar-refractivity contribution in [1.82, 2.24) is 4.98 Å². The lowest BCUT2D eigenvalue weighted by atomic mass is 9.95. The van der Waals surface area contributed by atoms with E-state index in [0.29, 0.717) is 12.5 Å². The number of aromatic nitrogens is 1. The van der Waals surface area contributed by atoms with Gasteiger partial charge in [0.1, 0.15) is 0 Å². The number of nitrogens with zero attached hydrogens (tertiary/aromatic N) is 1. The van der Waals surface area contributed by atoms with Crippen LogP contribution >= 0.6 is 27.3 Å². The summed E-state index contributed by atoms with van der Waals surface area (Å²) in [7, 11) is 0. The summed E-state index contributed by atoms with van der Waals surface area (Å²) in [5.41, 5.74) is 8.99. The van der Waals surface area contributed by atoms with Crippen LogP contribution in [0.25, 0.3) is 0 Å². The third-order valence-corrected chi connectivity index (χ3v) is 3.89. The molecule has 0 saturated heterocycles. The fraction of sp³-hybridized carbons (Fsp3) is 0.250. The maximum absolute atomic E-state index is 5.83. The Kier molecular flexibility index (Phi) is 4.09. The van der Waals surface area contributed by atoms with Gasteiger partial charge in [-0.2, -0.15) is 0 Å². The molecule has 16 heavy (non-hydrogen) atoms. The molecule has 0 spiro atoms. The van der Waals surface area contributed by atoms with Crippen LogP contribution in [0, 0.1) is 0 Å². The van der Waals surface area contributed by atoms with Crippen LogP contribution in [-0.4, -0.2) is 11.5 Å². The molecule has 0 bridgehead atoms. The van der Waals surface area contributed by atoms with Crippen molar-refractivity contribution in [2.24, 2.45) is 5.73 Å². The lowest BCUT2D eigenvalue weighted by Gasteiger charge is -2.13. The zero-order valence-electron chi connectivity index (χ0n) is 8.77. The van der Waals surface area contributed by atoms with E-state index in [1.165, 1.54) is 10.4 Å². The number of thiazole rings is 1. The van der Waals surface area contributed by atoms with Gasteiger partial charge in [-0.05, 0) is 30.7 Å². The molecule has 1 atom stereocenters. The topological polar surface area (TPSA) is 38.9 Å². The molecular formula is C12H13BrN2S. The molecule has 2 N–H and O–H groups in total. The third-order valence-electron chi connectivity index (χ3n) is 2.56. The zero-order valence-corrected chi connectivity index (χ0v) is 11.2. The van der Waals surface area contributed by atoms with Crippen LogP contribution in [0.5, 0.6) is 0 Å². The maximum Gasteiger partial charge on any atom is 0.0794 e. The molecule has 4 heteroatoms. The van der Waals surface area contributed by atoms with Crippen LogP contribution in [0.4, 0.5) is 0 Å². The first-order valence-corrected chi connectivity index (χ1v) is 6.79. The molecule has 2 aromatic rings. The summed E-state index contributed by atoms with van der Waals surface area (Å²) < 4.78 is 1.10. The molecule has 2 nitrogen and oxygen atoms in total. The molecule has 84 valence electrons. The van der Waals surface area contributed by atoms with Gasteiger partial charge in [-0.25, -0.2) is 0 Å². The number of hydrogen-bond donors (Lipinski definition) is 1. The van der Waals surface area contributed by atoms with Crippen LogP contribution in [0.15, 0.2) is 40.4 Å². The monoisotopic (exact) mass is 296 g/mol. The minimum absolute atomic E-state index is 0.383. The molecule has 0 aliphatic rings. The second-order valence-corrected chi connectivity index (χ2v) is 5.54. The molecule has 0 saturated carbocycles. The molecule has 0 aliphatic carbocycles. The Hall–Kier alpha value is -0.710. The van der Waals surface area contributed by atoms with E-state index in [1.54, 1.807) is 11.3 Å². The Morgan fingerprint density at radius 2 is 2.06 bits per heavy atom. The van der Waals surface area contributed by atoms with E-state index in [1.807, 2.05) is 11.7 Å². The second-order valence-electron chi connectivity index (χ2n) is 3.66. The van der Waals surface area contributed by atoms with Gasteiger partial charge >= 0.3 is 0 Å². The number of hydrogen-bond acceptors (Lipinski definition) is 3. The highest BCUT2D eigenvalue weighted by molar-refractivity contribution is 9.10. The highest BCUT2D eigenvalue weighted by atomic mass is 79.9. The molecular weight excluding hydrogens is 284 g/mol. The Balaban J connectivity index is 2.13. The van der Waals surface area contributed by atoms with Crippen molar-refractivity contribution in [3.63, 3.8) is 0 Å². The summed E-state index contributed by atoms with van der Waals surface area (Å²) in [6, 6.07) is 8.38. The number of halogens is 1. The van der Waals surface area contributed by atoms with Crippen molar-refractivity contribution < 1.29 is 0 Å². The smallest absolute Gasteiger partial charge is 0.0794 e. The fourth-order valence-electron chi connectivity index (χ4n) is 1.66. The number of nitrogens with two attached hydrogens (primary N) is 1. The number of rotatable bonds is 4. The van der Waals surface area contributed by atoms with E-state index >= 15 is 0 Å². The van der Waals surface area contributed by atoms with Crippen LogP contribution in [0.3, 0.4) is 0 Å². The van der Waals surface area contributed by atoms with Gasteiger partial charge in [0.15, 0.2) is 0 Å². The fourth-order valence-corrected chi connectivity index (χ4v) is 2.60. The van der Waals surface area contributed by atoms with Crippen LogP contribution in [-0.2, 0) is 6.42 Å². The largest absolute Gasteiger partial charge is 0.330 e. The van der Waals surface area contributed by atoms with Gasteiger partial charge in [0.05, 0.1) is 5.51 Å². The van der Waals surface area contributed by atoms with E-state index in [0.717, 1.165) is 10.9 Å². The predicted molar refractivity (Wildman–Crippen MR) is 71.8 cm³/mol. The van der Waals surface area contributed by atoms with Gasteiger partial charge in [0, 0.05) is 21.5 Å². The minimum atomic E-state index is 0.383. The molecule has 1 aromatic heterocycles. The van der Waals surface area contributed by atoms with Crippen molar-refractivity contribution in [3.05, 3.63) is 50.9 Å². The first kappa shape index (κ1) is 11.8. The quantitative estimate of drug-likeness (QED) is 0.941. The van der Waals surface area contributed by atoms with Crippen molar-refractivity contribution >= 4 is 27.3 Å². The van der Waals surface area contributed by atoms with Gasteiger partial charge in [0.25, 0.3) is 0 Å². The van der Waals surface area contributed by atoms with Crippen molar-refractivity contribution in [2.75, 3.05) is 6.54 Å². The summed E-state index contributed by atoms with van der Waals surface area (Å²) in [6.07, 6.45) is 2.90. The van der Waals surface area contributed by atoms with Crippen LogP contribution in [0.1, 0.15) is 16.4 Å². The van der Waals surface area contributed by atoms with Crippen molar-refractivity contribution in [3.8, 4) is 0 Å². The van der Waals surface area contributed by atoms with E-state index in [-0.39, 0.29) is 0 Å². The van der Waals surface area contributed by atoms with E-state index in [9.17, 15) is 0 Å². The lowest BCUT2D eigenvalue weighted by molar-refractivity contribution is 0.700. The van der Waals surface area contributed by atoms with Crippen LogP contribution < -0.4 is 5.73 Å². The summed E-state index contributed by atoms with van der Waals surface area (Å²) in [5, 5.41) is 0. The molecule has 0 amide bonds. The Morgan fingerprint density at radius 1 is 1.31 bits per heavy atom. The highest BCUT2D eigenvalue weighted by Crippen LogP contribution is 2.23. The molecule has 0 fully saturated rings. The maximum atomic E-state index is 5.83. The minimum Gasteiger partial charge on any atom is -0.330 e. The average molecular weight is 297 g/mol. The normalized spacial score (nSPS) is 12.6. The Labute approximate surface area is 108 Å². The van der Waals surface area contributed by atoms with E-state index in [4.69, 9.17) is 5.73 Å². The zero-order chi connectivity index (χ0) is 11.4. The van der Waals surface area contributed by atoms with Gasteiger partial charge in [-0.1, -0.05) is 28.1 Å². The third kappa shape index (κ3) is 2.90. The highest BCUT2D eigenvalue weighted by Gasteiger charge is 2.11. The summed E-state index contributed by atoms with van der Waals surface area (Å²) in [4.78, 5) is 5.38. The van der Waals surface area contributed by atoms with E-state index in [2.05, 4.69) is 45.2 Å². The summed E-state index contributed by atoms with van der Waals surface area (Å²) >= 11 is 5.13. The summed E-state index contributed by atoms with van der Waals surface area (Å²) in [5.74, 6) is 0.383. The standard InChI is InChI=1S/C12H13BrN2S/c13-11-3-1-9(2-4-11)10(6-14)5-12-7-15-8-16-12/h1-4,7-8,10H,5-6,14H2. The Morgan fingerprint density at radius 3 is 2.62 bits per heavy atom. The van der Waals surface area contributed by atoms with E-state index < -0.39 is 0 Å². The van der Waals surface area contributed by atoms with Gasteiger partial charge < -0.3 is 5.73 Å². The molecule has 0 radical (unpaired) electrons. The number of benzene rings is 1. The molecule has 1 aromatic carbocycles. The molecule has 2 rings (SSSR count). The predicted octanol–water partition coefficient (Wildman–Crippen LogP) is 3.19. The average Bonchev–Trinajstić information content (AvgIpc) is 2.80. The Bertz CT molecular complexity index is 425. The van der Waals surface area contributed by atoms with Crippen molar-refractivity contribution in [2.45, 2.75) is 12.3 Å². The van der Waals surface area contributed by atoms with Crippen molar-refractivity contribution in [1.29, 1.82) is 0 Å². The molecule has 1 heterocycles. The first-order chi connectivity index (χ1) is 7.79.